The fraction of sp³-hybridized carbons (Fsp3) is 0.263. The van der Waals surface area contributed by atoms with Crippen molar-refractivity contribution in [3.05, 3.63) is 53.6 Å². The summed E-state index contributed by atoms with van der Waals surface area (Å²) in [6.45, 7) is 4.33. The number of hydrogen-bond acceptors (Lipinski definition) is 4. The van der Waals surface area contributed by atoms with Crippen LogP contribution < -0.4 is 20.2 Å². The Bertz CT molecular complexity index is 721. The molecule has 0 saturated heterocycles. The van der Waals surface area contributed by atoms with E-state index in [9.17, 15) is 0 Å². The Kier molecular flexibility index (Phi) is 6.77. The molecule has 0 spiro atoms. The van der Waals surface area contributed by atoms with Gasteiger partial charge in [-0.15, -0.1) is 0 Å². The lowest BCUT2D eigenvalue weighted by Crippen LogP contribution is -2.23. The van der Waals surface area contributed by atoms with E-state index < -0.39 is 0 Å². The molecule has 0 saturated carbocycles. The summed E-state index contributed by atoms with van der Waals surface area (Å²) in [6, 6.07) is 13.7. The molecule has 2 N–H and O–H groups in total. The maximum atomic E-state index is 5.25. The largest absolute Gasteiger partial charge is 0.497 e. The third-order valence-corrected chi connectivity index (χ3v) is 3.78. The second-order valence-corrected chi connectivity index (χ2v) is 6.16. The van der Waals surface area contributed by atoms with Crippen molar-refractivity contribution in [2.24, 2.45) is 5.10 Å². The Hall–Kier alpha value is -2.60. The molecular formula is C19H23N3O2S. The number of hydrogen-bond donors (Lipinski definition) is 2. The van der Waals surface area contributed by atoms with Gasteiger partial charge >= 0.3 is 0 Å². The van der Waals surface area contributed by atoms with Crippen LogP contribution >= 0.6 is 12.2 Å². The molecule has 5 nitrogen and oxygen atoms in total. The Morgan fingerprint density at radius 3 is 2.16 bits per heavy atom. The normalized spacial score (nSPS) is 10.8. The summed E-state index contributed by atoms with van der Waals surface area (Å²) in [5.41, 5.74) is 5.84. The van der Waals surface area contributed by atoms with Crippen molar-refractivity contribution in [1.82, 2.24) is 5.43 Å². The van der Waals surface area contributed by atoms with Crippen LogP contribution in [0, 0.1) is 0 Å². The number of nitrogens with one attached hydrogen (secondary N) is 2. The van der Waals surface area contributed by atoms with Gasteiger partial charge in [-0.2, -0.15) is 5.10 Å². The first-order valence-corrected chi connectivity index (χ1v) is 8.35. The van der Waals surface area contributed by atoms with Gasteiger partial charge in [0.2, 0.25) is 0 Å². The molecule has 6 heteroatoms. The van der Waals surface area contributed by atoms with Gasteiger partial charge in [-0.1, -0.05) is 26.0 Å². The molecule has 0 amide bonds. The third kappa shape index (κ3) is 5.76. The summed E-state index contributed by atoms with van der Waals surface area (Å²) in [7, 11) is 3.22. The molecule has 2 aromatic carbocycles. The molecule has 0 aliphatic rings. The van der Waals surface area contributed by atoms with Crippen LogP contribution in [0.5, 0.6) is 11.5 Å². The number of ether oxygens (including phenoxy) is 2. The van der Waals surface area contributed by atoms with Crippen molar-refractivity contribution < 1.29 is 9.47 Å². The van der Waals surface area contributed by atoms with Gasteiger partial charge in [-0.3, -0.25) is 5.43 Å². The number of anilines is 1. The van der Waals surface area contributed by atoms with Crippen LogP contribution in [-0.2, 0) is 0 Å². The molecule has 0 atom stereocenters. The monoisotopic (exact) mass is 357 g/mol. The predicted molar refractivity (Wildman–Crippen MR) is 107 cm³/mol. The smallest absolute Gasteiger partial charge is 0.191 e. The molecule has 2 aromatic rings. The number of benzene rings is 2. The summed E-state index contributed by atoms with van der Waals surface area (Å²) in [5.74, 6) is 1.90. The van der Waals surface area contributed by atoms with Crippen LogP contribution in [0.15, 0.2) is 47.6 Å². The predicted octanol–water partition coefficient (Wildman–Crippen LogP) is 4.15. The molecular weight excluding hydrogens is 334 g/mol. The lowest BCUT2D eigenvalue weighted by Gasteiger charge is -2.09. The highest BCUT2D eigenvalue weighted by Gasteiger charge is 2.01. The molecule has 0 aliphatic carbocycles. The molecule has 0 unspecified atom stereocenters. The molecule has 2 rings (SSSR count). The zero-order valence-electron chi connectivity index (χ0n) is 14.9. The van der Waals surface area contributed by atoms with Gasteiger partial charge in [0.25, 0.3) is 0 Å². The van der Waals surface area contributed by atoms with Crippen molar-refractivity contribution >= 4 is 29.2 Å². The quantitative estimate of drug-likeness (QED) is 0.462. The van der Waals surface area contributed by atoms with Crippen LogP contribution in [0.4, 0.5) is 5.69 Å². The van der Waals surface area contributed by atoms with E-state index in [2.05, 4.69) is 41.8 Å². The summed E-state index contributed by atoms with van der Waals surface area (Å²) >= 11 is 5.25. The van der Waals surface area contributed by atoms with E-state index in [1.165, 1.54) is 5.56 Å². The van der Waals surface area contributed by atoms with Crippen molar-refractivity contribution in [1.29, 1.82) is 0 Å². The minimum atomic E-state index is 0.420. The number of rotatable bonds is 6. The Morgan fingerprint density at radius 2 is 1.64 bits per heavy atom. The van der Waals surface area contributed by atoms with Crippen molar-refractivity contribution in [3.63, 3.8) is 0 Å². The van der Waals surface area contributed by atoms with Gasteiger partial charge in [-0.25, -0.2) is 0 Å². The summed E-state index contributed by atoms with van der Waals surface area (Å²) < 4.78 is 10.5. The first-order valence-electron chi connectivity index (χ1n) is 7.95. The van der Waals surface area contributed by atoms with Crippen molar-refractivity contribution in [3.8, 4) is 11.5 Å². The zero-order valence-corrected chi connectivity index (χ0v) is 15.7. The highest BCUT2D eigenvalue weighted by molar-refractivity contribution is 7.80. The topological polar surface area (TPSA) is 54.9 Å². The maximum Gasteiger partial charge on any atom is 0.191 e. The fourth-order valence-corrected chi connectivity index (χ4v) is 2.35. The van der Waals surface area contributed by atoms with E-state index in [4.69, 9.17) is 21.7 Å². The minimum absolute atomic E-state index is 0.420. The highest BCUT2D eigenvalue weighted by Crippen LogP contribution is 2.21. The van der Waals surface area contributed by atoms with Gasteiger partial charge in [0.1, 0.15) is 11.5 Å². The van der Waals surface area contributed by atoms with Gasteiger partial charge in [0.05, 0.1) is 20.4 Å². The molecule has 0 aromatic heterocycles. The lowest BCUT2D eigenvalue weighted by atomic mass is 10.0. The van der Waals surface area contributed by atoms with E-state index in [1.54, 1.807) is 26.5 Å². The van der Waals surface area contributed by atoms with Gasteiger partial charge in [0, 0.05) is 17.3 Å². The molecule has 0 heterocycles. The molecule has 25 heavy (non-hydrogen) atoms. The standard InChI is InChI=1S/C19H23N3O2S/c1-13(2)15-5-7-16(8-6-15)21-19(25)22-20-12-14-9-17(23-3)11-18(10-14)24-4/h5-13H,1-4H3,(H2,21,22,25)/b20-12-. The first kappa shape index (κ1) is 18.7. The van der Waals surface area contributed by atoms with Crippen LogP contribution in [0.25, 0.3) is 0 Å². The van der Waals surface area contributed by atoms with Crippen LogP contribution in [0.3, 0.4) is 0 Å². The summed E-state index contributed by atoms with van der Waals surface area (Å²) in [6.07, 6.45) is 1.65. The maximum absolute atomic E-state index is 5.25. The van der Waals surface area contributed by atoms with Gasteiger partial charge in [-0.05, 0) is 48.0 Å². The minimum Gasteiger partial charge on any atom is -0.497 e. The lowest BCUT2D eigenvalue weighted by molar-refractivity contribution is 0.394. The Balaban J connectivity index is 1.94. The van der Waals surface area contributed by atoms with E-state index >= 15 is 0 Å². The van der Waals surface area contributed by atoms with E-state index in [0.717, 1.165) is 11.3 Å². The van der Waals surface area contributed by atoms with Crippen LogP contribution in [0.2, 0.25) is 0 Å². The average molecular weight is 357 g/mol. The molecule has 0 aliphatic heterocycles. The molecule has 132 valence electrons. The van der Waals surface area contributed by atoms with E-state index in [0.29, 0.717) is 22.5 Å². The van der Waals surface area contributed by atoms with Gasteiger partial charge in [0.15, 0.2) is 5.11 Å². The Labute approximate surface area is 154 Å². The average Bonchev–Trinajstić information content (AvgIpc) is 2.61. The van der Waals surface area contributed by atoms with Crippen molar-refractivity contribution in [2.75, 3.05) is 19.5 Å². The van der Waals surface area contributed by atoms with Gasteiger partial charge < -0.3 is 14.8 Å². The second kappa shape index (κ2) is 9.03. The van der Waals surface area contributed by atoms with Crippen molar-refractivity contribution in [2.45, 2.75) is 19.8 Å². The zero-order chi connectivity index (χ0) is 18.2. The SMILES string of the molecule is COc1cc(/C=N\NC(=S)Nc2ccc(C(C)C)cc2)cc(OC)c1. The van der Waals surface area contributed by atoms with E-state index in [-0.39, 0.29) is 0 Å². The van der Waals surface area contributed by atoms with Crippen LogP contribution in [-0.4, -0.2) is 25.5 Å². The Morgan fingerprint density at radius 1 is 1.04 bits per heavy atom. The number of methoxy groups -OCH3 is 2. The molecule has 0 radical (unpaired) electrons. The molecule has 0 bridgehead atoms. The third-order valence-electron chi connectivity index (χ3n) is 3.59. The van der Waals surface area contributed by atoms with Crippen LogP contribution in [0.1, 0.15) is 30.9 Å². The second-order valence-electron chi connectivity index (χ2n) is 5.75. The first-order chi connectivity index (χ1) is 12.0. The number of nitrogens with zero attached hydrogens (tertiary/aromatic N) is 1. The molecule has 0 fully saturated rings. The fourth-order valence-electron chi connectivity index (χ4n) is 2.18. The summed E-state index contributed by atoms with van der Waals surface area (Å²) in [5, 5.41) is 7.66. The summed E-state index contributed by atoms with van der Waals surface area (Å²) in [4.78, 5) is 0. The highest BCUT2D eigenvalue weighted by atomic mass is 32.1. The number of hydrazone groups is 1. The number of thiocarbonyl (C=S) groups is 1. The van der Waals surface area contributed by atoms with E-state index in [1.807, 2.05) is 24.3 Å².